The third-order valence-corrected chi connectivity index (χ3v) is 8.36. The van der Waals surface area contributed by atoms with Crippen molar-refractivity contribution in [3.05, 3.63) is 121 Å². The molecule has 0 aliphatic heterocycles. The molecule has 134 valence electrons. The first-order valence-electron chi connectivity index (χ1n) is 9.19. The second kappa shape index (κ2) is 8.13. The molecule has 0 N–H and O–H groups in total. The van der Waals surface area contributed by atoms with Crippen LogP contribution in [-0.2, 0) is 0 Å². The maximum atomic E-state index is 5.79. The molecule has 0 aliphatic carbocycles. The van der Waals surface area contributed by atoms with E-state index in [0.717, 1.165) is 11.3 Å². The number of nitrogens with zero attached hydrogens (tertiary/aromatic N) is 1. The molecule has 0 unspecified atom stereocenters. The largest absolute Gasteiger partial charge is 0.253 e. The molecule has 0 heterocycles. The Kier molecular flexibility index (Phi) is 5.24. The lowest BCUT2D eigenvalue weighted by atomic mass is 10.2. The smallest absolute Gasteiger partial charge is 0.0781 e. The van der Waals surface area contributed by atoms with Gasteiger partial charge in [0.25, 0.3) is 0 Å². The number of terminal acetylenes is 1. The Morgan fingerprint density at radius 3 is 1.36 bits per heavy atom. The number of hydrogen-bond acceptors (Lipinski definition) is 1. The Morgan fingerprint density at radius 1 is 0.536 bits per heavy atom. The second-order valence-electron chi connectivity index (χ2n) is 6.40. The zero-order valence-corrected chi connectivity index (χ0v) is 16.3. The van der Waals surface area contributed by atoms with Crippen LogP contribution >= 0.6 is 7.05 Å². The van der Waals surface area contributed by atoms with Crippen LogP contribution in [0.2, 0.25) is 0 Å². The summed E-state index contributed by atoms with van der Waals surface area (Å²) in [5.74, 6) is 2.80. The topological polar surface area (TPSA) is 12.4 Å². The number of rotatable bonds is 4. The predicted octanol–water partition coefficient (Wildman–Crippen LogP) is 5.48. The van der Waals surface area contributed by atoms with Gasteiger partial charge in [0.05, 0.1) is 12.7 Å². The molecule has 0 fully saturated rings. The molecule has 0 aromatic heterocycles. The molecule has 0 atom stereocenters. The van der Waals surface area contributed by atoms with E-state index in [9.17, 15) is 0 Å². The van der Waals surface area contributed by atoms with E-state index in [-0.39, 0.29) is 0 Å². The molecule has 0 saturated carbocycles. The van der Waals surface area contributed by atoms with Crippen molar-refractivity contribution in [1.82, 2.24) is 0 Å². The van der Waals surface area contributed by atoms with Crippen LogP contribution in [0.3, 0.4) is 0 Å². The van der Waals surface area contributed by atoms with Gasteiger partial charge in [-0.2, -0.15) is 0 Å². The normalized spacial score (nSPS) is 10.8. The van der Waals surface area contributed by atoms with Crippen molar-refractivity contribution in [3.63, 3.8) is 0 Å². The Bertz CT molecular complexity index is 1050. The summed E-state index contributed by atoms with van der Waals surface area (Å²) in [6.45, 7) is 0. The summed E-state index contributed by atoms with van der Waals surface area (Å²) in [4.78, 5) is 0. The first kappa shape index (κ1) is 18.1. The molecule has 4 rings (SSSR count). The summed E-state index contributed by atoms with van der Waals surface area (Å²) in [5.41, 5.74) is 1.67. The van der Waals surface area contributed by atoms with E-state index in [4.69, 9.17) is 11.2 Å². The molecule has 4 aromatic carbocycles. The van der Waals surface area contributed by atoms with Gasteiger partial charge >= 0.3 is 0 Å². The molecule has 0 aliphatic rings. The average Bonchev–Trinajstić information content (AvgIpc) is 2.79. The van der Waals surface area contributed by atoms with Crippen molar-refractivity contribution in [2.45, 2.75) is 0 Å². The molecule has 2 heteroatoms. The molecule has 0 bridgehead atoms. The van der Waals surface area contributed by atoms with Crippen LogP contribution < -0.4 is 15.9 Å². The van der Waals surface area contributed by atoms with E-state index < -0.39 is 7.05 Å². The van der Waals surface area contributed by atoms with Gasteiger partial charge in [-0.15, -0.1) is 6.42 Å². The van der Waals surface area contributed by atoms with Gasteiger partial charge in [0.15, 0.2) is 0 Å². The summed E-state index contributed by atoms with van der Waals surface area (Å²) in [5, 5.41) is 3.62. The number of hydrogen-bond donors (Lipinski definition) is 0. The highest BCUT2D eigenvalue weighted by Crippen LogP contribution is 2.49. The molecule has 0 amide bonds. The van der Waals surface area contributed by atoms with Gasteiger partial charge in [-0.1, -0.05) is 109 Å². The van der Waals surface area contributed by atoms with E-state index in [1.54, 1.807) is 0 Å². The molecule has 0 saturated heterocycles. The zero-order chi connectivity index (χ0) is 19.2. The van der Waals surface area contributed by atoms with Crippen LogP contribution in [-0.4, -0.2) is 0 Å². The van der Waals surface area contributed by atoms with Gasteiger partial charge in [0.2, 0.25) is 0 Å². The van der Waals surface area contributed by atoms with Crippen LogP contribution in [0.1, 0.15) is 5.56 Å². The third kappa shape index (κ3) is 3.31. The molecule has 28 heavy (non-hydrogen) atoms. The van der Waals surface area contributed by atoms with Crippen molar-refractivity contribution in [2.75, 3.05) is 0 Å². The van der Waals surface area contributed by atoms with Gasteiger partial charge in [0, 0.05) is 21.5 Å². The molecule has 0 radical (unpaired) electrons. The minimum absolute atomic E-state index is 0.815. The highest BCUT2D eigenvalue weighted by molar-refractivity contribution is 7.87. The lowest BCUT2D eigenvalue weighted by molar-refractivity contribution is 1.52. The highest BCUT2D eigenvalue weighted by Gasteiger charge is 2.27. The third-order valence-electron chi connectivity index (χ3n) is 4.71. The van der Waals surface area contributed by atoms with Gasteiger partial charge in [0.1, 0.15) is 0 Å². The minimum Gasteiger partial charge on any atom is -0.253 e. The lowest BCUT2D eigenvalue weighted by Gasteiger charge is -2.27. The van der Waals surface area contributed by atoms with Crippen LogP contribution in [0.4, 0.5) is 5.69 Å². The van der Waals surface area contributed by atoms with Crippen molar-refractivity contribution >= 4 is 28.7 Å². The van der Waals surface area contributed by atoms with E-state index in [2.05, 4.69) is 78.7 Å². The predicted molar refractivity (Wildman–Crippen MR) is 122 cm³/mol. The van der Waals surface area contributed by atoms with Gasteiger partial charge in [-0.05, 0) is 12.1 Å². The molecular weight excluding hydrogens is 357 g/mol. The van der Waals surface area contributed by atoms with Gasteiger partial charge in [-0.25, -0.2) is 0 Å². The minimum atomic E-state index is -2.29. The standard InChI is InChI=1S/C26H20NP/c1-2-22-14-12-13-21-26(22)27-28(23-15-6-3-7-16-23,24-17-8-4-9-18-24)25-19-10-5-11-20-25/h1,3-21H. The van der Waals surface area contributed by atoms with E-state index in [1.807, 2.05) is 42.5 Å². The van der Waals surface area contributed by atoms with Crippen molar-refractivity contribution in [3.8, 4) is 12.3 Å². The summed E-state index contributed by atoms with van der Waals surface area (Å²) >= 11 is 0. The maximum absolute atomic E-state index is 5.79. The summed E-state index contributed by atoms with van der Waals surface area (Å²) in [6, 6.07) is 39.6. The van der Waals surface area contributed by atoms with E-state index >= 15 is 0 Å². The Morgan fingerprint density at radius 2 is 0.929 bits per heavy atom. The Hall–Kier alpha value is -3.33. The van der Waals surface area contributed by atoms with Crippen molar-refractivity contribution in [2.24, 2.45) is 4.74 Å². The lowest BCUT2D eigenvalue weighted by Crippen LogP contribution is -2.25. The van der Waals surface area contributed by atoms with Gasteiger partial charge in [-0.3, -0.25) is 4.74 Å². The fourth-order valence-corrected chi connectivity index (χ4v) is 6.95. The van der Waals surface area contributed by atoms with Crippen LogP contribution in [0.5, 0.6) is 0 Å². The molecule has 1 nitrogen and oxygen atoms in total. The SMILES string of the molecule is C#Cc1ccccc1N=P(c1ccccc1)(c1ccccc1)c1ccccc1. The van der Waals surface area contributed by atoms with Crippen LogP contribution in [0, 0.1) is 12.3 Å². The Labute approximate surface area is 166 Å². The first-order valence-corrected chi connectivity index (χ1v) is 10.9. The summed E-state index contributed by atoms with van der Waals surface area (Å²) in [6.07, 6.45) is 5.79. The second-order valence-corrected chi connectivity index (χ2v) is 9.42. The molecule has 4 aromatic rings. The zero-order valence-electron chi connectivity index (χ0n) is 15.4. The quantitative estimate of drug-likeness (QED) is 0.330. The summed E-state index contributed by atoms with van der Waals surface area (Å²) in [7, 11) is -2.29. The molecule has 0 spiro atoms. The van der Waals surface area contributed by atoms with E-state index in [0.29, 0.717) is 0 Å². The van der Waals surface area contributed by atoms with E-state index in [1.165, 1.54) is 15.9 Å². The monoisotopic (exact) mass is 377 g/mol. The van der Waals surface area contributed by atoms with Crippen molar-refractivity contribution in [1.29, 1.82) is 0 Å². The Balaban J connectivity index is 2.17. The fourth-order valence-electron chi connectivity index (χ4n) is 3.40. The van der Waals surface area contributed by atoms with Gasteiger partial charge < -0.3 is 0 Å². The number of benzene rings is 4. The van der Waals surface area contributed by atoms with Crippen LogP contribution in [0.15, 0.2) is 120 Å². The molecular formula is C26H20NP. The average molecular weight is 377 g/mol. The highest BCUT2D eigenvalue weighted by atomic mass is 31.2. The van der Waals surface area contributed by atoms with Crippen molar-refractivity contribution < 1.29 is 0 Å². The maximum Gasteiger partial charge on any atom is 0.0781 e. The fraction of sp³-hybridized carbons (Fsp3) is 0. The van der Waals surface area contributed by atoms with Crippen LogP contribution in [0.25, 0.3) is 0 Å². The first-order chi connectivity index (χ1) is 13.8. The summed E-state index contributed by atoms with van der Waals surface area (Å²) < 4.78 is 5.44.